The SMILES string of the molecule is C.CC(=O)c1cc2c3c(ccc2[nH]1)CCCC=C3. The van der Waals surface area contributed by atoms with Gasteiger partial charge >= 0.3 is 0 Å². The predicted octanol–water partition coefficient (Wildman–Crippen LogP) is 4.36. The second kappa shape index (κ2) is 4.81. The maximum absolute atomic E-state index is 11.4. The van der Waals surface area contributed by atoms with Crippen molar-refractivity contribution in [2.24, 2.45) is 0 Å². The first-order valence-electron chi connectivity index (χ1n) is 6.08. The third-order valence-electron chi connectivity index (χ3n) is 3.42. The quantitative estimate of drug-likeness (QED) is 0.739. The molecule has 94 valence electrons. The van der Waals surface area contributed by atoms with E-state index in [1.807, 2.05) is 6.07 Å². The normalized spacial score (nSPS) is 13.8. The molecule has 1 aliphatic rings. The van der Waals surface area contributed by atoms with Gasteiger partial charge in [0.15, 0.2) is 5.78 Å². The zero-order valence-electron chi connectivity index (χ0n) is 9.92. The van der Waals surface area contributed by atoms with Gasteiger partial charge in [0.25, 0.3) is 0 Å². The molecule has 1 N–H and O–H groups in total. The number of fused-ring (bicyclic) bond motifs is 3. The highest BCUT2D eigenvalue weighted by Crippen LogP contribution is 2.28. The number of aryl methyl sites for hydroxylation is 1. The van der Waals surface area contributed by atoms with E-state index in [-0.39, 0.29) is 13.2 Å². The maximum Gasteiger partial charge on any atom is 0.175 e. The molecule has 0 unspecified atom stereocenters. The molecule has 0 fully saturated rings. The fourth-order valence-electron chi connectivity index (χ4n) is 2.49. The van der Waals surface area contributed by atoms with Gasteiger partial charge in [0.2, 0.25) is 0 Å². The molecule has 2 heteroatoms. The summed E-state index contributed by atoms with van der Waals surface area (Å²) in [4.78, 5) is 14.6. The number of hydrogen-bond acceptors (Lipinski definition) is 1. The number of aromatic amines is 1. The van der Waals surface area contributed by atoms with Crippen molar-refractivity contribution >= 4 is 22.8 Å². The van der Waals surface area contributed by atoms with Crippen LogP contribution < -0.4 is 0 Å². The first-order valence-corrected chi connectivity index (χ1v) is 6.08. The summed E-state index contributed by atoms with van der Waals surface area (Å²) >= 11 is 0. The van der Waals surface area contributed by atoms with Crippen LogP contribution in [0.4, 0.5) is 0 Å². The van der Waals surface area contributed by atoms with Crippen LogP contribution >= 0.6 is 0 Å². The van der Waals surface area contributed by atoms with Crippen molar-refractivity contribution in [3.05, 3.63) is 41.1 Å². The second-order valence-electron chi connectivity index (χ2n) is 4.63. The molecule has 18 heavy (non-hydrogen) atoms. The van der Waals surface area contributed by atoms with E-state index >= 15 is 0 Å². The summed E-state index contributed by atoms with van der Waals surface area (Å²) in [6, 6.07) is 6.24. The zero-order valence-corrected chi connectivity index (χ0v) is 9.92. The van der Waals surface area contributed by atoms with Gasteiger partial charge in [-0.3, -0.25) is 4.79 Å². The van der Waals surface area contributed by atoms with E-state index in [0.717, 1.165) is 18.4 Å². The Balaban J connectivity index is 0.00000120. The Labute approximate surface area is 108 Å². The number of nitrogens with one attached hydrogen (secondary N) is 1. The molecule has 2 nitrogen and oxygen atoms in total. The Hall–Kier alpha value is -1.83. The van der Waals surface area contributed by atoms with Crippen LogP contribution in [-0.2, 0) is 6.42 Å². The highest BCUT2D eigenvalue weighted by atomic mass is 16.1. The number of allylic oxidation sites excluding steroid dienone is 1. The summed E-state index contributed by atoms with van der Waals surface area (Å²) in [5.74, 6) is 0.0903. The number of hydrogen-bond donors (Lipinski definition) is 1. The minimum absolute atomic E-state index is 0. The second-order valence-corrected chi connectivity index (χ2v) is 4.63. The van der Waals surface area contributed by atoms with Crippen LogP contribution in [0.5, 0.6) is 0 Å². The molecule has 0 spiro atoms. The molecule has 3 rings (SSSR count). The van der Waals surface area contributed by atoms with Gasteiger partial charge in [-0.1, -0.05) is 25.6 Å². The summed E-state index contributed by atoms with van der Waals surface area (Å²) in [6.45, 7) is 1.60. The summed E-state index contributed by atoms with van der Waals surface area (Å²) in [5, 5.41) is 1.17. The van der Waals surface area contributed by atoms with Gasteiger partial charge in [-0.2, -0.15) is 0 Å². The highest BCUT2D eigenvalue weighted by Gasteiger charge is 2.11. The fraction of sp³-hybridized carbons (Fsp3) is 0.312. The molecular formula is C16H19NO. The average Bonchev–Trinajstić information content (AvgIpc) is 2.61. The predicted molar refractivity (Wildman–Crippen MR) is 77.0 cm³/mol. The molecule has 0 aliphatic heterocycles. The highest BCUT2D eigenvalue weighted by molar-refractivity contribution is 6.00. The lowest BCUT2D eigenvalue weighted by Gasteiger charge is -2.04. The summed E-state index contributed by atoms with van der Waals surface area (Å²) in [5.41, 5.74) is 4.43. The molecule has 0 bridgehead atoms. The van der Waals surface area contributed by atoms with Crippen LogP contribution in [-0.4, -0.2) is 10.8 Å². The average molecular weight is 241 g/mol. The Bertz CT molecular complexity index is 619. The van der Waals surface area contributed by atoms with Crippen LogP contribution in [0.2, 0.25) is 0 Å². The number of H-pyrrole nitrogens is 1. The summed E-state index contributed by atoms with van der Waals surface area (Å²) in [6.07, 6.45) is 7.89. The summed E-state index contributed by atoms with van der Waals surface area (Å²) in [7, 11) is 0. The minimum atomic E-state index is 0. The van der Waals surface area contributed by atoms with Crippen LogP contribution in [0.15, 0.2) is 24.3 Å². The Morgan fingerprint density at radius 1 is 1.33 bits per heavy atom. The monoisotopic (exact) mass is 241 g/mol. The van der Waals surface area contributed by atoms with Crippen molar-refractivity contribution in [2.45, 2.75) is 33.6 Å². The Kier molecular flexibility index (Phi) is 3.37. The molecule has 0 amide bonds. The van der Waals surface area contributed by atoms with Gasteiger partial charge in [0.1, 0.15) is 0 Å². The molecular weight excluding hydrogens is 222 g/mol. The molecule has 0 saturated carbocycles. The Morgan fingerprint density at radius 2 is 2.17 bits per heavy atom. The van der Waals surface area contributed by atoms with Crippen molar-refractivity contribution in [1.82, 2.24) is 4.98 Å². The number of aromatic nitrogens is 1. The lowest BCUT2D eigenvalue weighted by molar-refractivity contribution is 0.101. The van der Waals surface area contributed by atoms with Crippen molar-refractivity contribution in [2.75, 3.05) is 0 Å². The van der Waals surface area contributed by atoms with Crippen LogP contribution in [0, 0.1) is 0 Å². The van der Waals surface area contributed by atoms with E-state index in [4.69, 9.17) is 0 Å². The molecule has 2 aromatic rings. The lowest BCUT2D eigenvalue weighted by Crippen LogP contribution is -1.89. The zero-order chi connectivity index (χ0) is 11.8. The standard InChI is InChI=1S/C15H15NO.CH4/c1-10(17)15-9-13-12-6-4-2-3-5-11(12)7-8-14(13)16-15;/h4,6-9,16H,2-3,5H2,1H3;1H4. The van der Waals surface area contributed by atoms with E-state index in [0.29, 0.717) is 5.69 Å². The van der Waals surface area contributed by atoms with Crippen molar-refractivity contribution < 1.29 is 4.79 Å². The first kappa shape index (κ1) is 12.6. The first-order chi connectivity index (χ1) is 8.25. The van der Waals surface area contributed by atoms with Crippen molar-refractivity contribution in [1.29, 1.82) is 0 Å². The van der Waals surface area contributed by atoms with Crippen molar-refractivity contribution in [3.8, 4) is 0 Å². The lowest BCUT2D eigenvalue weighted by atomic mass is 10.0. The number of carbonyl (C=O) groups excluding carboxylic acids is 1. The number of carbonyl (C=O) groups is 1. The number of Topliss-reactive ketones (excluding diaryl/α,β-unsaturated/α-hetero) is 1. The molecule has 1 aliphatic carbocycles. The van der Waals surface area contributed by atoms with E-state index in [1.165, 1.54) is 22.9 Å². The molecule has 0 saturated heterocycles. The topological polar surface area (TPSA) is 32.9 Å². The number of ketones is 1. The van der Waals surface area contributed by atoms with Crippen LogP contribution in [0.3, 0.4) is 0 Å². The van der Waals surface area contributed by atoms with E-state index in [1.54, 1.807) is 6.92 Å². The summed E-state index contributed by atoms with van der Waals surface area (Å²) < 4.78 is 0. The number of benzene rings is 1. The van der Waals surface area contributed by atoms with Crippen molar-refractivity contribution in [3.63, 3.8) is 0 Å². The smallest absolute Gasteiger partial charge is 0.175 e. The van der Waals surface area contributed by atoms with Gasteiger partial charge in [0.05, 0.1) is 5.69 Å². The molecule has 1 aromatic heterocycles. The maximum atomic E-state index is 11.4. The fourth-order valence-corrected chi connectivity index (χ4v) is 2.49. The van der Waals surface area contributed by atoms with Gasteiger partial charge in [0, 0.05) is 17.8 Å². The van der Waals surface area contributed by atoms with Crippen LogP contribution in [0.25, 0.3) is 17.0 Å². The molecule has 0 radical (unpaired) electrons. The van der Waals surface area contributed by atoms with Gasteiger partial charge in [-0.05, 0) is 42.5 Å². The van der Waals surface area contributed by atoms with Crippen LogP contribution in [0.1, 0.15) is 48.8 Å². The number of rotatable bonds is 1. The third-order valence-corrected chi connectivity index (χ3v) is 3.42. The third kappa shape index (κ3) is 1.99. The van der Waals surface area contributed by atoms with E-state index < -0.39 is 0 Å². The molecule has 1 heterocycles. The molecule has 1 aromatic carbocycles. The Morgan fingerprint density at radius 3 is 2.94 bits per heavy atom. The van der Waals surface area contributed by atoms with Gasteiger partial charge in [-0.15, -0.1) is 0 Å². The van der Waals surface area contributed by atoms with Gasteiger partial charge in [-0.25, -0.2) is 0 Å². The minimum Gasteiger partial charge on any atom is -0.352 e. The molecule has 0 atom stereocenters. The van der Waals surface area contributed by atoms with E-state index in [9.17, 15) is 4.79 Å². The largest absolute Gasteiger partial charge is 0.352 e. The van der Waals surface area contributed by atoms with Gasteiger partial charge < -0.3 is 4.98 Å². The van der Waals surface area contributed by atoms with E-state index in [2.05, 4.69) is 29.3 Å².